The molecule has 1 heterocycles. The van der Waals surface area contributed by atoms with Gasteiger partial charge in [0.15, 0.2) is 11.8 Å². The lowest BCUT2D eigenvalue weighted by Crippen LogP contribution is -2.30. The molecule has 0 aliphatic rings. The number of aromatic nitrogens is 2. The summed E-state index contributed by atoms with van der Waals surface area (Å²) in [6.07, 6.45) is 1.38. The molecule has 0 radical (unpaired) electrons. The number of carbonyl (C=O) groups is 2. The van der Waals surface area contributed by atoms with Crippen LogP contribution in [0.2, 0.25) is 0 Å². The third-order valence-electron chi connectivity index (χ3n) is 3.05. The Morgan fingerprint density at radius 1 is 1.32 bits per heavy atom. The summed E-state index contributed by atoms with van der Waals surface area (Å²) >= 11 is 0. The number of aryl methyl sites for hydroxylation is 1. The van der Waals surface area contributed by atoms with Gasteiger partial charge in [-0.2, -0.15) is 4.39 Å². The highest BCUT2D eigenvalue weighted by atomic mass is 19.1. The predicted octanol–water partition coefficient (Wildman–Crippen LogP) is 2.02. The van der Waals surface area contributed by atoms with Gasteiger partial charge >= 0.3 is 11.7 Å². The Kier molecular flexibility index (Phi) is 5.32. The van der Waals surface area contributed by atoms with Crippen LogP contribution in [0.15, 0.2) is 30.6 Å². The van der Waals surface area contributed by atoms with E-state index in [4.69, 9.17) is 4.74 Å². The van der Waals surface area contributed by atoms with Crippen molar-refractivity contribution in [2.24, 2.45) is 0 Å². The number of ether oxygens (including phenoxy) is 1. The number of halogens is 1. The number of amides is 1. The zero-order chi connectivity index (χ0) is 18.6. The fraction of sp³-hybridized carbons (Fsp3) is 0.200. The molecule has 0 fully saturated rings. The van der Waals surface area contributed by atoms with Crippen LogP contribution in [0.25, 0.3) is 0 Å². The van der Waals surface area contributed by atoms with Gasteiger partial charge < -0.3 is 10.1 Å². The van der Waals surface area contributed by atoms with Gasteiger partial charge in [-0.05, 0) is 26.0 Å². The van der Waals surface area contributed by atoms with Crippen molar-refractivity contribution in [3.05, 3.63) is 57.9 Å². The highest BCUT2D eigenvalue weighted by molar-refractivity contribution is 5.96. The third-order valence-corrected chi connectivity index (χ3v) is 3.05. The van der Waals surface area contributed by atoms with Crippen LogP contribution in [0.3, 0.4) is 0 Å². The number of nitrogens with zero attached hydrogens (tertiary/aromatic N) is 3. The second-order valence-electron chi connectivity index (χ2n) is 5.00. The van der Waals surface area contributed by atoms with E-state index in [-0.39, 0.29) is 11.4 Å². The lowest BCUT2D eigenvalue weighted by Gasteiger charge is -2.13. The van der Waals surface area contributed by atoms with Gasteiger partial charge in [-0.1, -0.05) is 0 Å². The topological polar surface area (TPSA) is 124 Å². The molecule has 9 nitrogen and oxygen atoms in total. The zero-order valence-electron chi connectivity index (χ0n) is 13.2. The molecule has 130 valence electrons. The van der Waals surface area contributed by atoms with E-state index in [9.17, 15) is 24.1 Å². The van der Waals surface area contributed by atoms with Crippen molar-refractivity contribution in [3.63, 3.8) is 0 Å². The Labute approximate surface area is 141 Å². The van der Waals surface area contributed by atoms with Gasteiger partial charge in [0.25, 0.3) is 5.91 Å². The number of rotatable bonds is 5. The zero-order valence-corrected chi connectivity index (χ0v) is 13.2. The molecule has 0 spiro atoms. The molecule has 0 bridgehead atoms. The number of hydrogen-bond acceptors (Lipinski definition) is 7. The second kappa shape index (κ2) is 7.43. The van der Waals surface area contributed by atoms with E-state index in [2.05, 4.69) is 15.3 Å². The van der Waals surface area contributed by atoms with Gasteiger partial charge in [0.1, 0.15) is 0 Å². The number of nitrogens with one attached hydrogen (secondary N) is 1. The minimum atomic E-state index is -1.21. The normalized spacial score (nSPS) is 11.5. The molecule has 1 atom stereocenters. The minimum Gasteiger partial charge on any atom is -0.448 e. The second-order valence-corrected chi connectivity index (χ2v) is 5.00. The molecule has 0 aliphatic carbocycles. The molecule has 2 aromatic rings. The summed E-state index contributed by atoms with van der Waals surface area (Å²) in [5.74, 6) is -2.62. The van der Waals surface area contributed by atoms with E-state index >= 15 is 0 Å². The number of carbonyl (C=O) groups excluding carboxylic acids is 2. The largest absolute Gasteiger partial charge is 0.448 e. The van der Waals surface area contributed by atoms with Crippen molar-refractivity contribution in [1.29, 1.82) is 0 Å². The smallest absolute Gasteiger partial charge is 0.359 e. The summed E-state index contributed by atoms with van der Waals surface area (Å²) in [4.78, 5) is 41.4. The molecule has 0 aliphatic heterocycles. The average molecular weight is 348 g/mol. The summed E-state index contributed by atoms with van der Waals surface area (Å²) in [5.41, 5.74) is -0.239. The van der Waals surface area contributed by atoms with Crippen LogP contribution in [0.1, 0.15) is 23.1 Å². The van der Waals surface area contributed by atoms with Crippen LogP contribution in [0.4, 0.5) is 15.8 Å². The van der Waals surface area contributed by atoms with E-state index in [1.54, 1.807) is 6.92 Å². The molecular weight excluding hydrogens is 335 g/mol. The average Bonchev–Trinajstić information content (AvgIpc) is 2.56. The van der Waals surface area contributed by atoms with Gasteiger partial charge in [-0.25, -0.2) is 9.78 Å². The van der Waals surface area contributed by atoms with Crippen molar-refractivity contribution >= 4 is 23.3 Å². The summed E-state index contributed by atoms with van der Waals surface area (Å²) in [6.45, 7) is 3.01. The predicted molar refractivity (Wildman–Crippen MR) is 83.3 cm³/mol. The first kappa shape index (κ1) is 17.9. The highest BCUT2D eigenvalue weighted by Crippen LogP contribution is 2.21. The SMILES string of the molecule is Cc1cnc(C(=O)OC(C)C(=O)Nc2ccc(F)c([N+](=O)[O-])c2)cn1. The minimum absolute atomic E-state index is 0.00359. The van der Waals surface area contributed by atoms with Crippen LogP contribution in [-0.2, 0) is 9.53 Å². The van der Waals surface area contributed by atoms with Crippen molar-refractivity contribution in [1.82, 2.24) is 9.97 Å². The number of nitro benzene ring substituents is 1. The summed E-state index contributed by atoms with van der Waals surface area (Å²) in [5, 5.41) is 13.0. The van der Waals surface area contributed by atoms with Crippen LogP contribution in [-0.4, -0.2) is 32.9 Å². The maximum absolute atomic E-state index is 13.3. The van der Waals surface area contributed by atoms with Gasteiger partial charge in [0.05, 0.1) is 16.8 Å². The van der Waals surface area contributed by atoms with E-state index < -0.39 is 34.4 Å². The molecule has 10 heteroatoms. The standard InChI is InChI=1S/C15H13FN4O5/c1-8-6-18-12(7-17-8)15(22)25-9(2)14(21)19-10-3-4-11(16)13(5-10)20(23)24/h3-7,9H,1-2H3,(H,19,21). The van der Waals surface area contributed by atoms with Crippen LogP contribution >= 0.6 is 0 Å². The maximum atomic E-state index is 13.3. The Morgan fingerprint density at radius 2 is 2.04 bits per heavy atom. The fourth-order valence-electron chi connectivity index (χ4n) is 1.75. The molecule has 1 aromatic carbocycles. The molecule has 1 unspecified atom stereocenters. The van der Waals surface area contributed by atoms with Crippen LogP contribution < -0.4 is 5.32 Å². The quantitative estimate of drug-likeness (QED) is 0.498. The number of benzene rings is 1. The van der Waals surface area contributed by atoms with E-state index in [1.165, 1.54) is 19.3 Å². The Hall–Kier alpha value is -3.43. The highest BCUT2D eigenvalue weighted by Gasteiger charge is 2.21. The fourth-order valence-corrected chi connectivity index (χ4v) is 1.75. The molecular formula is C15H13FN4O5. The molecule has 1 N–H and O–H groups in total. The monoisotopic (exact) mass is 348 g/mol. The lowest BCUT2D eigenvalue weighted by molar-refractivity contribution is -0.387. The molecule has 0 saturated heterocycles. The number of nitro groups is 1. The van der Waals surface area contributed by atoms with Gasteiger partial charge in [-0.3, -0.25) is 19.9 Å². The third kappa shape index (κ3) is 4.53. The summed E-state index contributed by atoms with van der Waals surface area (Å²) < 4.78 is 18.2. The molecule has 2 rings (SSSR count). The lowest BCUT2D eigenvalue weighted by atomic mass is 10.2. The van der Waals surface area contributed by atoms with Crippen molar-refractivity contribution < 1.29 is 23.6 Å². The van der Waals surface area contributed by atoms with E-state index in [1.807, 2.05) is 0 Å². The number of anilines is 1. The van der Waals surface area contributed by atoms with Gasteiger partial charge in [0.2, 0.25) is 5.82 Å². The molecule has 1 aromatic heterocycles. The Bertz CT molecular complexity index is 825. The maximum Gasteiger partial charge on any atom is 0.359 e. The molecule has 25 heavy (non-hydrogen) atoms. The molecule has 1 amide bonds. The van der Waals surface area contributed by atoms with Crippen LogP contribution in [0, 0.1) is 22.9 Å². The van der Waals surface area contributed by atoms with Crippen LogP contribution in [0.5, 0.6) is 0 Å². The van der Waals surface area contributed by atoms with Crippen molar-refractivity contribution in [2.45, 2.75) is 20.0 Å². The Morgan fingerprint density at radius 3 is 2.64 bits per heavy atom. The number of hydrogen-bond donors (Lipinski definition) is 1. The van der Waals surface area contributed by atoms with Crippen molar-refractivity contribution in [3.8, 4) is 0 Å². The van der Waals surface area contributed by atoms with Gasteiger partial charge in [0, 0.05) is 18.0 Å². The van der Waals surface area contributed by atoms with E-state index in [0.29, 0.717) is 5.69 Å². The summed E-state index contributed by atoms with van der Waals surface area (Å²) in [6, 6.07) is 2.87. The van der Waals surface area contributed by atoms with E-state index in [0.717, 1.165) is 18.2 Å². The summed E-state index contributed by atoms with van der Waals surface area (Å²) in [7, 11) is 0. The first-order chi connectivity index (χ1) is 11.8. The Balaban J connectivity index is 2.03. The van der Waals surface area contributed by atoms with Crippen molar-refractivity contribution in [2.75, 3.05) is 5.32 Å². The number of esters is 1. The molecule has 0 saturated carbocycles. The first-order valence-electron chi connectivity index (χ1n) is 7.02. The van der Waals surface area contributed by atoms with Gasteiger partial charge in [-0.15, -0.1) is 0 Å². The first-order valence-corrected chi connectivity index (χ1v) is 7.02.